The lowest BCUT2D eigenvalue weighted by atomic mass is 9.98. The monoisotopic (exact) mass is 659 g/mol. The molecule has 0 saturated carbocycles. The number of ether oxygens (including phenoxy) is 2. The fourth-order valence-corrected chi connectivity index (χ4v) is 5.04. The average molecular weight is 660 g/mol. The minimum atomic E-state index is -1.17. The molecule has 0 aliphatic carbocycles. The fraction of sp³-hybridized carbons (Fsp3) is 0.421. The molecule has 3 N–H and O–H groups in total. The summed E-state index contributed by atoms with van der Waals surface area (Å²) in [6.07, 6.45) is 0.206. The third-order valence-corrected chi connectivity index (χ3v) is 7.34. The Morgan fingerprint density at radius 1 is 0.708 bits per heavy atom. The maximum Gasteiger partial charge on any atom is 0.408 e. The number of hydrogen-bond acceptors (Lipinski definition) is 7. The summed E-state index contributed by atoms with van der Waals surface area (Å²) in [5, 5.41) is 15.3. The minimum absolute atomic E-state index is 0.0559. The zero-order valence-electron chi connectivity index (χ0n) is 29.2. The summed E-state index contributed by atoms with van der Waals surface area (Å²) in [5.41, 5.74) is 1.42. The third kappa shape index (κ3) is 11.7. The number of carbonyl (C=O) groups is 4. The van der Waals surface area contributed by atoms with Crippen LogP contribution in [0.4, 0.5) is 4.79 Å². The molecule has 10 nitrogen and oxygen atoms in total. The van der Waals surface area contributed by atoms with Crippen LogP contribution in [-0.4, -0.2) is 64.2 Å². The van der Waals surface area contributed by atoms with Crippen molar-refractivity contribution in [3.63, 3.8) is 0 Å². The smallest absolute Gasteiger partial charge is 0.408 e. The van der Waals surface area contributed by atoms with E-state index in [0.717, 1.165) is 17.5 Å². The van der Waals surface area contributed by atoms with Crippen LogP contribution in [0.5, 0.6) is 5.75 Å². The van der Waals surface area contributed by atoms with Gasteiger partial charge in [0.2, 0.25) is 11.8 Å². The molecule has 0 heterocycles. The van der Waals surface area contributed by atoms with E-state index < -0.39 is 53.2 Å². The van der Waals surface area contributed by atoms with Crippen molar-refractivity contribution in [2.24, 2.45) is 0 Å². The van der Waals surface area contributed by atoms with Crippen LogP contribution >= 0.6 is 0 Å². The molecule has 258 valence electrons. The van der Waals surface area contributed by atoms with E-state index in [1.54, 1.807) is 65.8 Å². The molecule has 0 saturated heterocycles. The van der Waals surface area contributed by atoms with Crippen LogP contribution in [0.25, 0.3) is 0 Å². The molecule has 0 spiro atoms. The Balaban J connectivity index is 2.01. The number of phenolic OH excluding ortho intramolecular Hbond substituents is 1. The van der Waals surface area contributed by atoms with Crippen molar-refractivity contribution < 1.29 is 33.8 Å². The van der Waals surface area contributed by atoms with E-state index in [0.29, 0.717) is 11.1 Å². The molecule has 48 heavy (non-hydrogen) atoms. The number of aryl methyl sites for hydroxylation is 1. The predicted octanol–water partition coefficient (Wildman–Crippen LogP) is 5.66. The molecule has 0 aliphatic heterocycles. The van der Waals surface area contributed by atoms with Gasteiger partial charge in [-0.05, 0) is 82.3 Å². The van der Waals surface area contributed by atoms with Gasteiger partial charge in [0.15, 0.2) is 0 Å². The molecule has 3 atom stereocenters. The highest BCUT2D eigenvalue weighted by atomic mass is 16.6. The highest BCUT2D eigenvalue weighted by molar-refractivity contribution is 5.94. The highest BCUT2D eigenvalue weighted by Crippen LogP contribution is 2.24. The van der Waals surface area contributed by atoms with Crippen LogP contribution in [0.1, 0.15) is 76.8 Å². The number of carbonyl (C=O) groups excluding carboxylic acids is 4. The molecule has 0 fully saturated rings. The quantitative estimate of drug-likeness (QED) is 0.214. The number of aromatic hydroxyl groups is 1. The Morgan fingerprint density at radius 3 is 1.77 bits per heavy atom. The molecule has 3 aromatic rings. The van der Waals surface area contributed by atoms with Crippen molar-refractivity contribution in [3.05, 3.63) is 101 Å². The van der Waals surface area contributed by atoms with Gasteiger partial charge in [0.1, 0.15) is 35.1 Å². The zero-order valence-corrected chi connectivity index (χ0v) is 29.2. The molecule has 0 aliphatic rings. The lowest BCUT2D eigenvalue weighted by Crippen LogP contribution is -2.54. The summed E-state index contributed by atoms with van der Waals surface area (Å²) in [5.74, 6) is -1.71. The van der Waals surface area contributed by atoms with Crippen molar-refractivity contribution in [3.8, 4) is 5.75 Å². The Morgan fingerprint density at radius 2 is 1.23 bits per heavy atom. The van der Waals surface area contributed by atoms with E-state index in [4.69, 9.17) is 9.47 Å². The van der Waals surface area contributed by atoms with Gasteiger partial charge in [0.25, 0.3) is 0 Å². The lowest BCUT2D eigenvalue weighted by molar-refractivity contribution is -0.159. The number of phenols is 1. The molecule has 10 heteroatoms. The van der Waals surface area contributed by atoms with Crippen LogP contribution in [0.2, 0.25) is 0 Å². The molecule has 3 unspecified atom stereocenters. The summed E-state index contributed by atoms with van der Waals surface area (Å²) in [4.78, 5) is 56.2. The normalized spacial score (nSPS) is 13.4. The predicted molar refractivity (Wildman–Crippen MR) is 184 cm³/mol. The number of benzene rings is 3. The molecular formula is C38H49N3O7. The first-order chi connectivity index (χ1) is 22.5. The number of rotatable bonds is 12. The van der Waals surface area contributed by atoms with Gasteiger partial charge in [-0.1, -0.05) is 73.7 Å². The number of nitrogens with one attached hydrogen (secondary N) is 2. The topological polar surface area (TPSA) is 134 Å². The van der Waals surface area contributed by atoms with Gasteiger partial charge in [-0.25, -0.2) is 9.59 Å². The number of esters is 1. The number of hydrogen-bond donors (Lipinski definition) is 3. The van der Waals surface area contributed by atoms with Crippen molar-refractivity contribution in [1.82, 2.24) is 15.5 Å². The number of alkyl carbamates (subject to hydrolysis) is 1. The Hall–Kier alpha value is -4.86. The van der Waals surface area contributed by atoms with E-state index in [-0.39, 0.29) is 18.6 Å². The van der Waals surface area contributed by atoms with Crippen LogP contribution in [0.15, 0.2) is 78.9 Å². The van der Waals surface area contributed by atoms with Crippen LogP contribution < -0.4 is 10.6 Å². The second kappa shape index (κ2) is 16.3. The molecule has 0 aromatic heterocycles. The van der Waals surface area contributed by atoms with E-state index in [1.165, 1.54) is 24.1 Å². The molecule has 3 amide bonds. The van der Waals surface area contributed by atoms with Gasteiger partial charge in [-0.2, -0.15) is 0 Å². The van der Waals surface area contributed by atoms with Crippen molar-refractivity contribution >= 4 is 23.9 Å². The van der Waals surface area contributed by atoms with E-state index in [2.05, 4.69) is 10.6 Å². The maximum absolute atomic E-state index is 14.3. The minimum Gasteiger partial charge on any atom is -0.508 e. The summed E-state index contributed by atoms with van der Waals surface area (Å²) < 4.78 is 11.1. The van der Waals surface area contributed by atoms with Crippen LogP contribution in [0, 0.1) is 0 Å². The summed E-state index contributed by atoms with van der Waals surface area (Å²) in [6.45, 7) is 12.4. The third-order valence-electron chi connectivity index (χ3n) is 7.34. The zero-order chi connectivity index (χ0) is 35.6. The van der Waals surface area contributed by atoms with Crippen molar-refractivity contribution in [2.75, 3.05) is 7.05 Å². The van der Waals surface area contributed by atoms with Gasteiger partial charge in [0, 0.05) is 19.9 Å². The summed E-state index contributed by atoms with van der Waals surface area (Å²) >= 11 is 0. The molecule has 0 radical (unpaired) electrons. The Bertz CT molecular complexity index is 1530. The first-order valence-electron chi connectivity index (χ1n) is 16.2. The molecular weight excluding hydrogens is 610 g/mol. The largest absolute Gasteiger partial charge is 0.508 e. The number of likely N-dealkylation sites (N-methyl/N-ethyl adjacent to an activating group) is 1. The van der Waals surface area contributed by atoms with Gasteiger partial charge < -0.3 is 30.1 Å². The molecule has 0 bridgehead atoms. The number of nitrogens with zero attached hydrogens (tertiary/aromatic N) is 1. The second-order valence-electron chi connectivity index (χ2n) is 13.8. The van der Waals surface area contributed by atoms with Gasteiger partial charge in [-0.15, -0.1) is 0 Å². The molecule has 3 aromatic carbocycles. The van der Waals surface area contributed by atoms with Crippen molar-refractivity contribution in [2.45, 2.75) is 97.1 Å². The van der Waals surface area contributed by atoms with E-state index >= 15 is 0 Å². The van der Waals surface area contributed by atoms with Crippen LogP contribution in [0.3, 0.4) is 0 Å². The van der Waals surface area contributed by atoms with Gasteiger partial charge in [0.05, 0.1) is 0 Å². The van der Waals surface area contributed by atoms with Crippen LogP contribution in [-0.2, 0) is 43.1 Å². The second-order valence-corrected chi connectivity index (χ2v) is 13.8. The van der Waals surface area contributed by atoms with Gasteiger partial charge in [-0.3, -0.25) is 9.59 Å². The standard InChI is InChI=1S/C38H49N3O7/c1-9-25-15-19-28(20-16-25)32(33(43)39-31(35(45)47-37(2,3)4)24-26-13-11-10-12-14-26)41(8)34(44)30(40-36(46)48-38(5,6)7)23-27-17-21-29(42)22-18-27/h10-22,30-32,42H,9,23-24H2,1-8H3,(H,39,43)(H,40,46). The van der Waals surface area contributed by atoms with E-state index in [9.17, 15) is 24.3 Å². The first-order valence-corrected chi connectivity index (χ1v) is 16.2. The lowest BCUT2D eigenvalue weighted by Gasteiger charge is -2.33. The van der Waals surface area contributed by atoms with Gasteiger partial charge >= 0.3 is 12.1 Å². The Labute approximate surface area is 283 Å². The summed E-state index contributed by atoms with van der Waals surface area (Å²) in [7, 11) is 1.49. The first kappa shape index (κ1) is 37.6. The fourth-order valence-electron chi connectivity index (χ4n) is 5.04. The molecule has 3 rings (SSSR count). The van der Waals surface area contributed by atoms with Crippen molar-refractivity contribution in [1.29, 1.82) is 0 Å². The van der Waals surface area contributed by atoms with E-state index in [1.807, 2.05) is 49.4 Å². The maximum atomic E-state index is 14.3. The average Bonchev–Trinajstić information content (AvgIpc) is 3.00. The summed E-state index contributed by atoms with van der Waals surface area (Å²) in [6, 6.07) is 19.5. The number of amides is 3. The Kier molecular flexibility index (Phi) is 12.8. The SMILES string of the molecule is CCc1ccc(C(C(=O)NC(Cc2ccccc2)C(=O)OC(C)(C)C)N(C)C(=O)C(Cc2ccc(O)cc2)NC(=O)OC(C)(C)C)cc1. The highest BCUT2D eigenvalue weighted by Gasteiger charge is 2.37.